The van der Waals surface area contributed by atoms with Gasteiger partial charge in [-0.2, -0.15) is 0 Å². The van der Waals surface area contributed by atoms with Gasteiger partial charge in [0.2, 0.25) is 0 Å². The molecule has 0 amide bonds. The molecular formula is C18H26N2O. The Hall–Kier alpha value is -1.58. The molecule has 0 aliphatic rings. The molecule has 2 aromatic rings. The van der Waals surface area contributed by atoms with Crippen LogP contribution < -0.4 is 10.5 Å². The first-order chi connectivity index (χ1) is 10.2. The van der Waals surface area contributed by atoms with Gasteiger partial charge in [-0.15, -0.1) is 0 Å². The number of ether oxygens (including phenoxy) is 1. The first-order valence-electron chi connectivity index (χ1n) is 7.79. The van der Waals surface area contributed by atoms with Gasteiger partial charge in [0, 0.05) is 23.5 Å². The van der Waals surface area contributed by atoms with Gasteiger partial charge in [-0.1, -0.05) is 50.2 Å². The molecule has 2 rings (SSSR count). The van der Waals surface area contributed by atoms with Crippen molar-refractivity contribution >= 4 is 10.8 Å². The molecule has 0 fully saturated rings. The quantitative estimate of drug-likeness (QED) is 0.845. The van der Waals surface area contributed by atoms with E-state index in [1.807, 2.05) is 19.1 Å². The first-order valence-corrected chi connectivity index (χ1v) is 7.79. The summed E-state index contributed by atoms with van der Waals surface area (Å²) in [4.78, 5) is 2.36. The van der Waals surface area contributed by atoms with Gasteiger partial charge in [-0.05, 0) is 25.4 Å². The molecule has 2 aromatic carbocycles. The zero-order valence-corrected chi connectivity index (χ0v) is 13.3. The fourth-order valence-corrected chi connectivity index (χ4v) is 2.60. The van der Waals surface area contributed by atoms with Gasteiger partial charge in [0.15, 0.2) is 0 Å². The largest absolute Gasteiger partial charge is 0.491 e. The highest BCUT2D eigenvalue weighted by Crippen LogP contribution is 2.32. The van der Waals surface area contributed by atoms with Crippen molar-refractivity contribution in [3.63, 3.8) is 0 Å². The summed E-state index contributed by atoms with van der Waals surface area (Å²) in [6, 6.07) is 12.5. The molecule has 3 heteroatoms. The van der Waals surface area contributed by atoms with Crippen LogP contribution in [-0.2, 0) is 0 Å². The van der Waals surface area contributed by atoms with Gasteiger partial charge in [-0.3, -0.25) is 0 Å². The lowest BCUT2D eigenvalue weighted by Gasteiger charge is -2.20. The van der Waals surface area contributed by atoms with E-state index in [2.05, 4.69) is 43.0 Å². The molecule has 0 saturated carbocycles. The highest BCUT2D eigenvalue weighted by Gasteiger charge is 2.12. The van der Waals surface area contributed by atoms with Crippen molar-refractivity contribution in [3.05, 3.63) is 42.0 Å². The Morgan fingerprint density at radius 2 is 1.81 bits per heavy atom. The van der Waals surface area contributed by atoms with E-state index in [9.17, 15) is 0 Å². The summed E-state index contributed by atoms with van der Waals surface area (Å²) < 4.78 is 6.12. The standard InChI is InChI=1S/C18H26N2O/c1-4-20(5-2)12-13-21-18-16(14(3)19)11-10-15-8-6-7-9-17(15)18/h6-11,14H,4-5,12-13,19H2,1-3H3. The Morgan fingerprint density at radius 1 is 1.10 bits per heavy atom. The molecule has 0 saturated heterocycles. The summed E-state index contributed by atoms with van der Waals surface area (Å²) >= 11 is 0. The highest BCUT2D eigenvalue weighted by atomic mass is 16.5. The van der Waals surface area contributed by atoms with Crippen LogP contribution in [0.15, 0.2) is 36.4 Å². The Bertz CT molecular complexity index is 576. The van der Waals surface area contributed by atoms with Gasteiger partial charge < -0.3 is 15.4 Å². The van der Waals surface area contributed by atoms with Crippen molar-refractivity contribution in [1.29, 1.82) is 0 Å². The Kier molecular flexibility index (Phi) is 5.59. The van der Waals surface area contributed by atoms with Crippen molar-refractivity contribution in [2.24, 2.45) is 5.73 Å². The predicted octanol–water partition coefficient (Wildman–Crippen LogP) is 3.58. The topological polar surface area (TPSA) is 38.5 Å². The second-order valence-electron chi connectivity index (χ2n) is 5.37. The molecule has 1 atom stereocenters. The number of hydrogen-bond acceptors (Lipinski definition) is 3. The highest BCUT2D eigenvalue weighted by molar-refractivity contribution is 5.89. The fourth-order valence-electron chi connectivity index (χ4n) is 2.60. The second-order valence-corrected chi connectivity index (χ2v) is 5.37. The predicted molar refractivity (Wildman–Crippen MR) is 89.8 cm³/mol. The third-order valence-corrected chi connectivity index (χ3v) is 3.95. The van der Waals surface area contributed by atoms with Gasteiger partial charge in [-0.25, -0.2) is 0 Å². The summed E-state index contributed by atoms with van der Waals surface area (Å²) in [6.07, 6.45) is 0. The van der Waals surface area contributed by atoms with E-state index < -0.39 is 0 Å². The van der Waals surface area contributed by atoms with E-state index in [0.717, 1.165) is 36.3 Å². The average molecular weight is 286 g/mol. The molecule has 1 unspecified atom stereocenters. The molecule has 0 aliphatic carbocycles. The summed E-state index contributed by atoms with van der Waals surface area (Å²) in [6.45, 7) is 10.1. The van der Waals surface area contributed by atoms with Crippen LogP contribution >= 0.6 is 0 Å². The maximum atomic E-state index is 6.12. The molecule has 0 bridgehead atoms. The molecule has 21 heavy (non-hydrogen) atoms. The van der Waals surface area contributed by atoms with Crippen molar-refractivity contribution in [2.45, 2.75) is 26.8 Å². The first kappa shape index (κ1) is 15.8. The van der Waals surface area contributed by atoms with Crippen LogP contribution in [0.25, 0.3) is 10.8 Å². The normalized spacial score (nSPS) is 12.8. The molecule has 2 N–H and O–H groups in total. The number of hydrogen-bond donors (Lipinski definition) is 1. The lowest BCUT2D eigenvalue weighted by molar-refractivity contribution is 0.223. The van der Waals surface area contributed by atoms with Crippen LogP contribution in [-0.4, -0.2) is 31.1 Å². The van der Waals surface area contributed by atoms with Gasteiger partial charge >= 0.3 is 0 Å². The van der Waals surface area contributed by atoms with Crippen LogP contribution in [0.4, 0.5) is 0 Å². The zero-order chi connectivity index (χ0) is 15.2. The molecule has 0 heterocycles. The van der Waals surface area contributed by atoms with Crippen molar-refractivity contribution in [2.75, 3.05) is 26.2 Å². The van der Waals surface area contributed by atoms with Crippen molar-refractivity contribution in [1.82, 2.24) is 4.90 Å². The molecular weight excluding hydrogens is 260 g/mol. The van der Waals surface area contributed by atoms with E-state index in [0.29, 0.717) is 6.61 Å². The van der Waals surface area contributed by atoms with Crippen LogP contribution in [0.5, 0.6) is 5.75 Å². The number of benzene rings is 2. The summed E-state index contributed by atoms with van der Waals surface area (Å²) in [5.41, 5.74) is 7.18. The minimum absolute atomic E-state index is 0.0296. The smallest absolute Gasteiger partial charge is 0.131 e. The number of nitrogens with zero attached hydrogens (tertiary/aromatic N) is 1. The zero-order valence-electron chi connectivity index (χ0n) is 13.3. The van der Waals surface area contributed by atoms with Gasteiger partial charge in [0.05, 0.1) is 0 Å². The van der Waals surface area contributed by atoms with Crippen LogP contribution in [0.3, 0.4) is 0 Å². The minimum Gasteiger partial charge on any atom is -0.491 e. The molecule has 0 radical (unpaired) electrons. The molecule has 0 aliphatic heterocycles. The Morgan fingerprint density at radius 3 is 2.48 bits per heavy atom. The van der Waals surface area contributed by atoms with E-state index in [1.165, 1.54) is 5.39 Å². The summed E-state index contributed by atoms with van der Waals surface area (Å²) in [5, 5.41) is 2.34. The molecule has 0 spiro atoms. The second kappa shape index (κ2) is 7.43. The molecule has 114 valence electrons. The fraction of sp³-hybridized carbons (Fsp3) is 0.444. The van der Waals surface area contributed by atoms with Gasteiger partial charge in [0.1, 0.15) is 12.4 Å². The van der Waals surface area contributed by atoms with E-state index >= 15 is 0 Å². The number of nitrogens with two attached hydrogens (primary N) is 1. The summed E-state index contributed by atoms with van der Waals surface area (Å²) in [5.74, 6) is 0.940. The van der Waals surface area contributed by atoms with Crippen LogP contribution in [0, 0.1) is 0 Å². The monoisotopic (exact) mass is 286 g/mol. The maximum Gasteiger partial charge on any atom is 0.131 e. The van der Waals surface area contributed by atoms with Gasteiger partial charge in [0.25, 0.3) is 0 Å². The lowest BCUT2D eigenvalue weighted by atomic mass is 10.0. The average Bonchev–Trinajstić information content (AvgIpc) is 2.51. The van der Waals surface area contributed by atoms with Crippen molar-refractivity contribution in [3.8, 4) is 5.75 Å². The van der Waals surface area contributed by atoms with E-state index in [4.69, 9.17) is 10.5 Å². The number of rotatable bonds is 7. The minimum atomic E-state index is -0.0296. The lowest BCUT2D eigenvalue weighted by Crippen LogP contribution is -2.28. The third kappa shape index (κ3) is 3.74. The number of fused-ring (bicyclic) bond motifs is 1. The van der Waals surface area contributed by atoms with Crippen molar-refractivity contribution < 1.29 is 4.74 Å². The number of likely N-dealkylation sites (N-methyl/N-ethyl adjacent to an activating group) is 1. The third-order valence-electron chi connectivity index (χ3n) is 3.95. The molecule has 3 nitrogen and oxygen atoms in total. The van der Waals surface area contributed by atoms with Crippen LogP contribution in [0.1, 0.15) is 32.4 Å². The van der Waals surface area contributed by atoms with E-state index in [1.54, 1.807) is 0 Å². The summed E-state index contributed by atoms with van der Waals surface area (Å²) in [7, 11) is 0. The Labute approximate surface area is 127 Å². The Balaban J connectivity index is 2.25. The molecule has 0 aromatic heterocycles. The maximum absolute atomic E-state index is 6.12. The van der Waals surface area contributed by atoms with E-state index in [-0.39, 0.29) is 6.04 Å². The SMILES string of the molecule is CCN(CC)CCOc1c(C(C)N)ccc2ccccc12. The van der Waals surface area contributed by atoms with Crippen LogP contribution in [0.2, 0.25) is 0 Å².